The van der Waals surface area contributed by atoms with Crippen LogP contribution in [0.4, 0.5) is 0 Å². The SMILES string of the molecule is CCCCCCCC/C=C\CCCCCCCCOC(CCCCCCCCCCCCCCCC)C(CCCCCCCCCCCCCCCC)(C[N+](C)(C)CCO)OCCCCCCCC/C=C\CCCCCCCC. The van der Waals surface area contributed by atoms with Crippen molar-refractivity contribution in [3.05, 3.63) is 24.3 Å². The van der Waals surface area contributed by atoms with E-state index in [2.05, 4.69) is 66.1 Å². The number of hydrogen-bond donors (Lipinski definition) is 1. The van der Waals surface area contributed by atoms with Crippen molar-refractivity contribution in [3.63, 3.8) is 0 Å². The van der Waals surface area contributed by atoms with Gasteiger partial charge in [0.2, 0.25) is 0 Å². The van der Waals surface area contributed by atoms with Gasteiger partial charge in [0.1, 0.15) is 18.7 Å². The molecule has 0 amide bonds. The molecule has 0 saturated carbocycles. The van der Waals surface area contributed by atoms with Crippen LogP contribution >= 0.6 is 0 Å². The maximum atomic E-state index is 10.4. The summed E-state index contributed by atoms with van der Waals surface area (Å²) in [6.07, 6.45) is 88.4. The highest BCUT2D eigenvalue weighted by molar-refractivity contribution is 4.91. The molecule has 4 heteroatoms. The van der Waals surface area contributed by atoms with Crippen LogP contribution in [0.1, 0.15) is 400 Å². The highest BCUT2D eigenvalue weighted by Crippen LogP contribution is 2.34. The number of nitrogens with zero attached hydrogens (tertiary/aromatic N) is 1. The van der Waals surface area contributed by atoms with E-state index in [9.17, 15) is 5.11 Å². The van der Waals surface area contributed by atoms with Gasteiger partial charge >= 0.3 is 0 Å². The average Bonchev–Trinajstić information content (AvgIpc) is 3.44. The van der Waals surface area contributed by atoms with Crippen LogP contribution in [-0.2, 0) is 9.47 Å². The zero-order chi connectivity index (χ0) is 57.4. The van der Waals surface area contributed by atoms with Crippen molar-refractivity contribution in [1.82, 2.24) is 0 Å². The minimum Gasteiger partial charge on any atom is -0.391 e. The summed E-state index contributed by atoms with van der Waals surface area (Å²) in [6.45, 7) is 12.9. The Morgan fingerprint density at radius 3 is 0.911 bits per heavy atom. The number of rotatable bonds is 69. The highest BCUT2D eigenvalue weighted by atomic mass is 16.6. The van der Waals surface area contributed by atoms with E-state index in [0.29, 0.717) is 0 Å². The van der Waals surface area contributed by atoms with E-state index in [1.54, 1.807) is 0 Å². The summed E-state index contributed by atoms with van der Waals surface area (Å²) in [6, 6.07) is 0. The van der Waals surface area contributed by atoms with Crippen molar-refractivity contribution in [2.75, 3.05) is 47.0 Å². The maximum absolute atomic E-state index is 10.4. The lowest BCUT2D eigenvalue weighted by molar-refractivity contribution is -0.897. The Bertz CT molecular complexity index is 1180. The Kier molecular flexibility index (Phi) is 64.3. The number of aliphatic hydroxyl groups is 1. The number of likely N-dealkylation sites (N-methyl/N-ethyl adjacent to an activating group) is 1. The summed E-state index contributed by atoms with van der Waals surface area (Å²) in [5.41, 5.74) is -0.323. The highest BCUT2D eigenvalue weighted by Gasteiger charge is 2.45. The molecule has 79 heavy (non-hydrogen) atoms. The minimum atomic E-state index is -0.323. The second-order valence-corrected chi connectivity index (χ2v) is 26.4. The Morgan fingerprint density at radius 1 is 0.329 bits per heavy atom. The van der Waals surface area contributed by atoms with Crippen molar-refractivity contribution in [3.8, 4) is 0 Å². The van der Waals surface area contributed by atoms with Crippen molar-refractivity contribution >= 4 is 0 Å². The summed E-state index contributed by atoms with van der Waals surface area (Å²) in [7, 11) is 4.69. The fourth-order valence-electron chi connectivity index (χ4n) is 12.5. The fourth-order valence-corrected chi connectivity index (χ4v) is 12.5. The third kappa shape index (κ3) is 57.5. The molecule has 0 rings (SSSR count). The van der Waals surface area contributed by atoms with E-state index < -0.39 is 0 Å². The van der Waals surface area contributed by atoms with Crippen molar-refractivity contribution in [1.29, 1.82) is 0 Å². The van der Waals surface area contributed by atoms with E-state index in [4.69, 9.17) is 9.47 Å². The molecular weight excluding hydrogens is 963 g/mol. The van der Waals surface area contributed by atoms with Gasteiger partial charge in [0.05, 0.1) is 26.8 Å². The monoisotopic (exact) mass is 1110 g/mol. The first kappa shape index (κ1) is 78.3. The minimum absolute atomic E-state index is 0.111. The van der Waals surface area contributed by atoms with Crippen LogP contribution in [0.15, 0.2) is 24.3 Å². The fraction of sp³-hybridized carbons (Fsp3) is 0.947. The first-order valence-electron chi connectivity index (χ1n) is 36.9. The van der Waals surface area contributed by atoms with E-state index in [-0.39, 0.29) is 18.3 Å². The molecule has 2 atom stereocenters. The van der Waals surface area contributed by atoms with Crippen LogP contribution in [0.2, 0.25) is 0 Å². The maximum Gasteiger partial charge on any atom is 0.143 e. The predicted molar refractivity (Wildman–Crippen MR) is 356 cm³/mol. The van der Waals surface area contributed by atoms with Crippen LogP contribution in [0.25, 0.3) is 0 Å². The molecule has 0 spiro atoms. The van der Waals surface area contributed by atoms with Crippen LogP contribution in [0.3, 0.4) is 0 Å². The lowest BCUT2D eigenvalue weighted by Crippen LogP contribution is -2.60. The van der Waals surface area contributed by atoms with Crippen molar-refractivity contribution in [2.45, 2.75) is 412 Å². The molecule has 0 aliphatic carbocycles. The van der Waals surface area contributed by atoms with Crippen LogP contribution in [-0.4, -0.2) is 68.3 Å². The zero-order valence-electron chi connectivity index (χ0n) is 55.6. The molecule has 4 nitrogen and oxygen atoms in total. The lowest BCUT2D eigenvalue weighted by Gasteiger charge is -2.45. The van der Waals surface area contributed by atoms with E-state index in [1.165, 1.54) is 347 Å². The Morgan fingerprint density at radius 2 is 0.595 bits per heavy atom. The van der Waals surface area contributed by atoms with Gasteiger partial charge in [0.25, 0.3) is 0 Å². The van der Waals surface area contributed by atoms with Crippen LogP contribution in [0, 0.1) is 0 Å². The summed E-state index contributed by atoms with van der Waals surface area (Å²) in [4.78, 5) is 0. The molecule has 2 unspecified atom stereocenters. The van der Waals surface area contributed by atoms with E-state index >= 15 is 0 Å². The summed E-state index contributed by atoms with van der Waals surface area (Å²) in [5.74, 6) is 0. The summed E-state index contributed by atoms with van der Waals surface area (Å²) >= 11 is 0. The molecule has 0 saturated heterocycles. The number of ether oxygens (including phenoxy) is 2. The lowest BCUT2D eigenvalue weighted by atomic mass is 9.85. The van der Waals surface area contributed by atoms with E-state index in [0.717, 1.165) is 56.5 Å². The molecule has 0 aromatic heterocycles. The normalized spacial score (nSPS) is 13.5. The topological polar surface area (TPSA) is 38.7 Å². The van der Waals surface area contributed by atoms with Gasteiger partial charge in [-0.05, 0) is 77.0 Å². The largest absolute Gasteiger partial charge is 0.391 e. The Hall–Kier alpha value is -0.680. The van der Waals surface area contributed by atoms with Gasteiger partial charge in [0.15, 0.2) is 0 Å². The average molecular weight is 1110 g/mol. The molecule has 0 aliphatic rings. The standard InChI is InChI=1S/C75H150NO3/c1-7-11-15-19-23-27-31-35-39-41-45-49-53-57-61-65-71-78-74(67-63-59-55-51-47-43-37-33-29-25-21-17-13-9-3)75(73-76(5,6)69-70-77,68-64-60-56-52-48-44-38-34-30-26-22-18-14-10-4)79-72-66-62-58-54-50-46-42-40-36-32-28-24-20-16-12-8-2/h35-36,39-40,74,77H,7-34,37-38,41-73H2,1-6H3/q+1/b39-35-,40-36-. The second kappa shape index (κ2) is 64.9. The molecule has 0 heterocycles. The van der Waals surface area contributed by atoms with Crippen LogP contribution in [0.5, 0.6) is 0 Å². The summed E-state index contributed by atoms with van der Waals surface area (Å²) < 4.78 is 15.6. The molecule has 1 N–H and O–H groups in total. The van der Waals surface area contributed by atoms with Gasteiger partial charge in [-0.25, -0.2) is 0 Å². The number of aliphatic hydroxyl groups excluding tert-OH is 1. The second-order valence-electron chi connectivity index (χ2n) is 26.4. The zero-order valence-corrected chi connectivity index (χ0v) is 55.6. The Labute approximate surface area is 499 Å². The van der Waals surface area contributed by atoms with Crippen LogP contribution < -0.4 is 0 Å². The number of quaternary nitrogens is 1. The number of hydrogen-bond acceptors (Lipinski definition) is 3. The molecule has 0 fully saturated rings. The molecule has 472 valence electrons. The number of unbranched alkanes of at least 4 members (excludes halogenated alkanes) is 50. The third-order valence-corrected chi connectivity index (χ3v) is 17.8. The third-order valence-electron chi connectivity index (χ3n) is 17.8. The molecule has 0 aliphatic heterocycles. The predicted octanol–water partition coefficient (Wildman–Crippen LogP) is 25.0. The molecule has 0 aromatic carbocycles. The van der Waals surface area contributed by atoms with E-state index in [1.807, 2.05) is 0 Å². The van der Waals surface area contributed by atoms with Gasteiger partial charge in [-0.3, -0.25) is 0 Å². The summed E-state index contributed by atoms with van der Waals surface area (Å²) in [5, 5.41) is 10.4. The van der Waals surface area contributed by atoms with Gasteiger partial charge < -0.3 is 19.1 Å². The van der Waals surface area contributed by atoms with Crippen molar-refractivity contribution < 1.29 is 19.1 Å². The smallest absolute Gasteiger partial charge is 0.143 e. The van der Waals surface area contributed by atoms with Gasteiger partial charge in [0, 0.05) is 13.2 Å². The Balaban J connectivity index is 5.72. The van der Waals surface area contributed by atoms with Crippen molar-refractivity contribution in [2.24, 2.45) is 0 Å². The quantitative estimate of drug-likeness (QED) is 0.0375. The molecule has 0 radical (unpaired) electrons. The van der Waals surface area contributed by atoms with Gasteiger partial charge in [-0.1, -0.05) is 347 Å². The van der Waals surface area contributed by atoms with Gasteiger partial charge in [-0.15, -0.1) is 0 Å². The van der Waals surface area contributed by atoms with Gasteiger partial charge in [-0.2, -0.15) is 0 Å². The first-order valence-corrected chi connectivity index (χ1v) is 36.9. The number of allylic oxidation sites excluding steroid dienone is 4. The molecule has 0 aromatic rings. The molecular formula is C75H150NO3+. The first-order chi connectivity index (χ1) is 38.9. The molecule has 0 bridgehead atoms.